The quantitative estimate of drug-likeness (QED) is 0.507. The zero-order valence-electron chi connectivity index (χ0n) is 16.4. The molecule has 0 aliphatic carbocycles. The number of anilines is 1. The van der Waals surface area contributed by atoms with Gasteiger partial charge in [0.05, 0.1) is 17.8 Å². The molecule has 0 saturated heterocycles. The van der Waals surface area contributed by atoms with Gasteiger partial charge in [-0.2, -0.15) is 0 Å². The number of primary sulfonamides is 1. The number of carbonyl (C=O) groups is 1. The van der Waals surface area contributed by atoms with Gasteiger partial charge in [0.2, 0.25) is 15.9 Å². The van der Waals surface area contributed by atoms with Gasteiger partial charge in [-0.05, 0) is 55.5 Å². The summed E-state index contributed by atoms with van der Waals surface area (Å²) in [6.07, 6.45) is 0. The minimum atomic E-state index is -3.77. The van der Waals surface area contributed by atoms with Crippen LogP contribution in [-0.2, 0) is 21.4 Å². The average Bonchev–Trinajstić information content (AvgIpc) is 3.15. The van der Waals surface area contributed by atoms with Crippen molar-refractivity contribution in [3.8, 4) is 17.1 Å². The van der Waals surface area contributed by atoms with Crippen molar-refractivity contribution in [2.45, 2.75) is 23.5 Å². The van der Waals surface area contributed by atoms with Gasteiger partial charge in [-0.25, -0.2) is 13.6 Å². The van der Waals surface area contributed by atoms with Gasteiger partial charge >= 0.3 is 0 Å². The van der Waals surface area contributed by atoms with Gasteiger partial charge in [0.15, 0.2) is 11.0 Å². The molecule has 30 heavy (non-hydrogen) atoms. The Kier molecular flexibility index (Phi) is 6.75. The van der Waals surface area contributed by atoms with Crippen LogP contribution in [0.4, 0.5) is 5.69 Å². The van der Waals surface area contributed by atoms with Crippen molar-refractivity contribution in [3.05, 3.63) is 48.5 Å². The van der Waals surface area contributed by atoms with Crippen LogP contribution in [0.3, 0.4) is 0 Å². The molecular weight excluding hydrogens is 426 g/mol. The Labute approximate surface area is 178 Å². The Hall–Kier alpha value is -2.89. The molecule has 1 heterocycles. The second kappa shape index (κ2) is 9.28. The maximum atomic E-state index is 12.3. The summed E-state index contributed by atoms with van der Waals surface area (Å²) in [5, 5.41) is 16.9. The van der Waals surface area contributed by atoms with Crippen LogP contribution >= 0.6 is 11.8 Å². The van der Waals surface area contributed by atoms with Gasteiger partial charge in [-0.1, -0.05) is 11.8 Å². The molecule has 0 aliphatic heterocycles. The lowest BCUT2D eigenvalue weighted by atomic mass is 10.2. The molecule has 3 N–H and O–H groups in total. The molecule has 0 aliphatic rings. The molecule has 0 saturated carbocycles. The van der Waals surface area contributed by atoms with Crippen LogP contribution in [0.5, 0.6) is 5.75 Å². The molecule has 0 radical (unpaired) electrons. The molecule has 3 rings (SSSR count). The van der Waals surface area contributed by atoms with E-state index in [0.29, 0.717) is 23.2 Å². The van der Waals surface area contributed by atoms with Crippen molar-refractivity contribution in [2.75, 3.05) is 18.2 Å². The highest BCUT2D eigenvalue weighted by atomic mass is 32.2. The van der Waals surface area contributed by atoms with Crippen molar-refractivity contribution < 1.29 is 17.9 Å². The Bertz CT molecular complexity index is 1130. The minimum absolute atomic E-state index is 0.0167. The molecule has 158 valence electrons. The third-order valence-electron chi connectivity index (χ3n) is 4.18. The van der Waals surface area contributed by atoms with Crippen LogP contribution in [-0.4, -0.2) is 42.0 Å². The van der Waals surface area contributed by atoms with E-state index in [0.717, 1.165) is 11.3 Å². The number of nitrogens with one attached hydrogen (secondary N) is 1. The largest absolute Gasteiger partial charge is 0.497 e. The maximum absolute atomic E-state index is 12.3. The monoisotopic (exact) mass is 447 g/mol. The second-order valence-corrected chi connectivity index (χ2v) is 8.69. The highest BCUT2D eigenvalue weighted by Crippen LogP contribution is 2.25. The Balaban J connectivity index is 1.65. The zero-order valence-corrected chi connectivity index (χ0v) is 18.0. The smallest absolute Gasteiger partial charge is 0.238 e. The van der Waals surface area contributed by atoms with Crippen molar-refractivity contribution in [1.82, 2.24) is 14.8 Å². The van der Waals surface area contributed by atoms with Gasteiger partial charge in [0.1, 0.15) is 5.75 Å². The number of carbonyl (C=O) groups excluding carboxylic acids is 1. The molecule has 11 heteroatoms. The van der Waals surface area contributed by atoms with Crippen LogP contribution in [0.15, 0.2) is 58.6 Å². The predicted molar refractivity (Wildman–Crippen MR) is 115 cm³/mol. The number of nitrogens with two attached hydrogens (primary N) is 1. The summed E-state index contributed by atoms with van der Waals surface area (Å²) in [5.74, 6) is 1.34. The number of hydrogen-bond donors (Lipinski definition) is 2. The average molecular weight is 448 g/mol. The number of sulfonamides is 1. The first-order chi connectivity index (χ1) is 14.3. The number of nitrogens with zero attached hydrogens (tertiary/aromatic N) is 3. The van der Waals surface area contributed by atoms with E-state index in [-0.39, 0.29) is 16.6 Å². The standard InChI is InChI=1S/C19H21N5O4S2/c1-3-24-18(13-4-8-15(28-2)9-5-13)22-23-19(24)29-12-17(25)21-14-6-10-16(11-7-14)30(20,26)27/h4-11H,3,12H2,1-2H3,(H,21,25)(H2,20,26,27). The molecular formula is C19H21N5O4S2. The molecule has 0 atom stereocenters. The minimum Gasteiger partial charge on any atom is -0.497 e. The van der Waals surface area contributed by atoms with Crippen LogP contribution in [0, 0.1) is 0 Å². The van der Waals surface area contributed by atoms with Crippen molar-refractivity contribution in [1.29, 1.82) is 0 Å². The Morgan fingerprint density at radius 2 is 1.80 bits per heavy atom. The van der Waals surface area contributed by atoms with Crippen LogP contribution in [0.1, 0.15) is 6.92 Å². The summed E-state index contributed by atoms with van der Waals surface area (Å²) in [6, 6.07) is 13.2. The van der Waals surface area contributed by atoms with Gasteiger partial charge in [-0.3, -0.25) is 4.79 Å². The summed E-state index contributed by atoms with van der Waals surface area (Å²) in [4.78, 5) is 12.3. The lowest BCUT2D eigenvalue weighted by Crippen LogP contribution is -2.15. The predicted octanol–water partition coefficient (Wildman–Crippen LogP) is 2.35. The molecule has 2 aromatic carbocycles. The topological polar surface area (TPSA) is 129 Å². The van der Waals surface area contributed by atoms with Crippen LogP contribution in [0.25, 0.3) is 11.4 Å². The van der Waals surface area contributed by atoms with E-state index >= 15 is 0 Å². The summed E-state index contributed by atoms with van der Waals surface area (Å²) in [6.45, 7) is 2.63. The molecule has 3 aromatic rings. The summed E-state index contributed by atoms with van der Waals surface area (Å²) < 4.78 is 29.7. The number of rotatable bonds is 8. The Morgan fingerprint density at radius 1 is 1.13 bits per heavy atom. The maximum Gasteiger partial charge on any atom is 0.238 e. The Morgan fingerprint density at radius 3 is 2.37 bits per heavy atom. The lowest BCUT2D eigenvalue weighted by Gasteiger charge is -2.08. The van der Waals surface area contributed by atoms with Gasteiger partial charge in [0, 0.05) is 17.8 Å². The molecule has 0 bridgehead atoms. The normalized spacial score (nSPS) is 11.3. The number of amides is 1. The fourth-order valence-electron chi connectivity index (χ4n) is 2.69. The van der Waals surface area contributed by atoms with E-state index < -0.39 is 10.0 Å². The lowest BCUT2D eigenvalue weighted by molar-refractivity contribution is -0.113. The third kappa shape index (κ3) is 5.17. The second-order valence-electron chi connectivity index (χ2n) is 6.19. The highest BCUT2D eigenvalue weighted by molar-refractivity contribution is 7.99. The first kappa shape index (κ1) is 21.8. The number of aromatic nitrogens is 3. The molecule has 9 nitrogen and oxygen atoms in total. The van der Waals surface area contributed by atoms with Gasteiger partial charge in [0.25, 0.3) is 0 Å². The summed E-state index contributed by atoms with van der Waals surface area (Å²) >= 11 is 1.27. The van der Waals surface area contributed by atoms with Crippen LogP contribution in [0.2, 0.25) is 0 Å². The molecule has 1 amide bonds. The fraction of sp³-hybridized carbons (Fsp3) is 0.211. The molecule has 0 unspecified atom stereocenters. The number of methoxy groups -OCH3 is 1. The van der Waals surface area contributed by atoms with Crippen molar-refractivity contribution in [2.24, 2.45) is 5.14 Å². The number of thioether (sulfide) groups is 1. The number of benzene rings is 2. The first-order valence-corrected chi connectivity index (χ1v) is 11.5. The summed E-state index contributed by atoms with van der Waals surface area (Å²) in [7, 11) is -2.16. The van der Waals surface area contributed by atoms with E-state index in [1.165, 1.54) is 36.0 Å². The van der Waals surface area contributed by atoms with E-state index in [4.69, 9.17) is 9.88 Å². The van der Waals surface area contributed by atoms with E-state index in [2.05, 4.69) is 15.5 Å². The van der Waals surface area contributed by atoms with E-state index in [1.54, 1.807) is 7.11 Å². The van der Waals surface area contributed by atoms with Crippen molar-refractivity contribution >= 4 is 33.4 Å². The molecule has 0 fully saturated rings. The van der Waals surface area contributed by atoms with Crippen LogP contribution < -0.4 is 15.2 Å². The SMILES string of the molecule is CCn1c(SCC(=O)Nc2ccc(S(N)(=O)=O)cc2)nnc1-c1ccc(OC)cc1. The van der Waals surface area contributed by atoms with Gasteiger partial charge in [-0.15, -0.1) is 10.2 Å². The third-order valence-corrected chi connectivity index (χ3v) is 6.08. The number of ether oxygens (including phenoxy) is 1. The zero-order chi connectivity index (χ0) is 21.7. The summed E-state index contributed by atoms with van der Waals surface area (Å²) in [5.41, 5.74) is 1.38. The highest BCUT2D eigenvalue weighted by Gasteiger charge is 2.15. The van der Waals surface area contributed by atoms with E-state index in [1.807, 2.05) is 35.8 Å². The number of hydrogen-bond acceptors (Lipinski definition) is 7. The van der Waals surface area contributed by atoms with E-state index in [9.17, 15) is 13.2 Å². The molecule has 1 aromatic heterocycles. The van der Waals surface area contributed by atoms with Crippen molar-refractivity contribution in [3.63, 3.8) is 0 Å². The van der Waals surface area contributed by atoms with Gasteiger partial charge < -0.3 is 14.6 Å². The fourth-order valence-corrected chi connectivity index (χ4v) is 4.01. The first-order valence-electron chi connectivity index (χ1n) is 8.95. The molecule has 0 spiro atoms.